The van der Waals surface area contributed by atoms with Gasteiger partial charge in [-0.15, -0.1) is 0 Å². The monoisotopic (exact) mass is 567 g/mol. The molecule has 0 amide bonds. The molecular weight excluding hydrogens is 494 g/mol. The molecule has 1 nitrogen and oxygen atoms in total. The molecule has 0 radical (unpaired) electrons. The summed E-state index contributed by atoms with van der Waals surface area (Å²) in [4.78, 5) is 0. The second-order valence-corrected chi connectivity index (χ2v) is 11.5. The zero-order valence-corrected chi connectivity index (χ0v) is 25.9. The van der Waals surface area contributed by atoms with Gasteiger partial charge in [0.2, 0.25) is 0 Å². The molecule has 0 bridgehead atoms. The topological polar surface area (TPSA) is 9.23 Å². The number of hydrogen-bond acceptors (Lipinski definition) is 1. The maximum absolute atomic E-state index is 5.85. The van der Waals surface area contributed by atoms with E-state index in [1.807, 2.05) is 0 Å². The SMILES string of the molecule is CCCCCCCC/C=C\CCCCCCCCOCCCCCCCC/C=C\CCCCCCCC.[NaH].[NaH]. The van der Waals surface area contributed by atoms with Crippen LogP contribution < -0.4 is 0 Å². The van der Waals surface area contributed by atoms with E-state index in [-0.39, 0.29) is 59.1 Å². The van der Waals surface area contributed by atoms with Crippen LogP contribution in [0.15, 0.2) is 24.3 Å². The van der Waals surface area contributed by atoms with Crippen LogP contribution in [-0.4, -0.2) is 72.3 Å². The Labute approximate surface area is 292 Å². The van der Waals surface area contributed by atoms with E-state index in [1.54, 1.807) is 0 Å². The summed E-state index contributed by atoms with van der Waals surface area (Å²) in [6.07, 6.45) is 48.1. The van der Waals surface area contributed by atoms with Crippen molar-refractivity contribution < 1.29 is 4.74 Å². The van der Waals surface area contributed by atoms with Crippen molar-refractivity contribution in [3.8, 4) is 0 Å². The van der Waals surface area contributed by atoms with Gasteiger partial charge in [0.15, 0.2) is 0 Å². The summed E-state index contributed by atoms with van der Waals surface area (Å²) in [5.41, 5.74) is 0. The van der Waals surface area contributed by atoms with Crippen LogP contribution in [0.25, 0.3) is 0 Å². The van der Waals surface area contributed by atoms with Crippen molar-refractivity contribution in [3.63, 3.8) is 0 Å². The minimum absolute atomic E-state index is 0. The van der Waals surface area contributed by atoms with Gasteiger partial charge in [0.05, 0.1) is 0 Å². The van der Waals surface area contributed by atoms with Crippen LogP contribution >= 0.6 is 0 Å². The van der Waals surface area contributed by atoms with Crippen molar-refractivity contribution in [1.82, 2.24) is 0 Å². The van der Waals surface area contributed by atoms with Gasteiger partial charge in [-0.25, -0.2) is 0 Å². The van der Waals surface area contributed by atoms with Gasteiger partial charge in [0, 0.05) is 13.2 Å². The Balaban J connectivity index is -0.00000648. The fourth-order valence-corrected chi connectivity index (χ4v) is 5.01. The molecule has 224 valence electrons. The molecule has 0 aromatic heterocycles. The Morgan fingerprint density at radius 2 is 0.538 bits per heavy atom. The Morgan fingerprint density at radius 3 is 0.821 bits per heavy atom. The van der Waals surface area contributed by atoms with Gasteiger partial charge in [0.1, 0.15) is 0 Å². The van der Waals surface area contributed by atoms with Crippen molar-refractivity contribution >= 4 is 59.1 Å². The van der Waals surface area contributed by atoms with Crippen molar-refractivity contribution in [3.05, 3.63) is 24.3 Å². The van der Waals surface area contributed by atoms with Crippen LogP contribution in [0, 0.1) is 0 Å². The first kappa shape index (κ1) is 44.9. The molecule has 0 aliphatic heterocycles. The molecule has 0 spiro atoms. The summed E-state index contributed by atoms with van der Waals surface area (Å²) in [6, 6.07) is 0. The number of ether oxygens (including phenoxy) is 1. The zero-order chi connectivity index (χ0) is 26.7. The van der Waals surface area contributed by atoms with Gasteiger partial charge in [-0.2, -0.15) is 0 Å². The predicted molar refractivity (Wildman–Crippen MR) is 184 cm³/mol. The fourth-order valence-electron chi connectivity index (χ4n) is 5.01. The summed E-state index contributed by atoms with van der Waals surface area (Å²) in [5, 5.41) is 0. The van der Waals surface area contributed by atoms with Crippen molar-refractivity contribution in [2.24, 2.45) is 0 Å². The first-order valence-corrected chi connectivity index (χ1v) is 17.3. The van der Waals surface area contributed by atoms with E-state index in [9.17, 15) is 0 Å². The second-order valence-electron chi connectivity index (χ2n) is 11.5. The standard InChI is InChI=1S/C36H70O.2Na.2H/c1-3-5-7-9-11-13-15-17-19-21-23-25-27-29-31-33-35-37-36-34-32-30-28-26-24-22-20-18-16-14-12-10-8-6-4-2;;;;/h17-20H,3-16,21-36H2,1-2H3;;;;/b19-17-,20-18-;;;;. The molecule has 0 aromatic rings. The number of rotatable bonds is 32. The Hall–Kier alpha value is 1.44. The maximum atomic E-state index is 5.85. The first-order valence-electron chi connectivity index (χ1n) is 17.3. The van der Waals surface area contributed by atoms with E-state index in [0.717, 1.165) is 13.2 Å². The van der Waals surface area contributed by atoms with Crippen LogP contribution in [-0.2, 0) is 4.74 Å². The van der Waals surface area contributed by atoms with Gasteiger partial charge < -0.3 is 4.74 Å². The third-order valence-corrected chi connectivity index (χ3v) is 7.60. The first-order chi connectivity index (χ1) is 18.4. The molecule has 0 rings (SSSR count). The van der Waals surface area contributed by atoms with Gasteiger partial charge in [-0.3, -0.25) is 0 Å². The molecule has 0 atom stereocenters. The third-order valence-electron chi connectivity index (χ3n) is 7.60. The Morgan fingerprint density at radius 1 is 0.308 bits per heavy atom. The zero-order valence-electron chi connectivity index (χ0n) is 25.9. The summed E-state index contributed by atoms with van der Waals surface area (Å²) in [7, 11) is 0. The van der Waals surface area contributed by atoms with E-state index in [0.29, 0.717) is 0 Å². The van der Waals surface area contributed by atoms with Gasteiger partial charge >= 0.3 is 59.1 Å². The predicted octanol–water partition coefficient (Wildman–Crippen LogP) is 11.8. The van der Waals surface area contributed by atoms with E-state index >= 15 is 0 Å². The van der Waals surface area contributed by atoms with Gasteiger partial charge in [0.25, 0.3) is 0 Å². The normalized spacial score (nSPS) is 11.3. The van der Waals surface area contributed by atoms with Crippen LogP contribution in [0.2, 0.25) is 0 Å². The van der Waals surface area contributed by atoms with E-state index in [1.165, 1.54) is 180 Å². The van der Waals surface area contributed by atoms with Crippen LogP contribution in [0.3, 0.4) is 0 Å². The molecule has 0 fully saturated rings. The summed E-state index contributed by atoms with van der Waals surface area (Å²) >= 11 is 0. The van der Waals surface area contributed by atoms with Crippen molar-refractivity contribution in [1.29, 1.82) is 0 Å². The molecule has 0 heterocycles. The molecule has 0 aliphatic carbocycles. The molecular formula is C36H72Na2O. The number of unbranched alkanes of at least 4 members (excludes halogenated alkanes) is 24. The quantitative estimate of drug-likeness (QED) is 0.0447. The van der Waals surface area contributed by atoms with E-state index < -0.39 is 0 Å². The number of allylic oxidation sites excluding steroid dienone is 4. The molecule has 0 N–H and O–H groups in total. The third kappa shape index (κ3) is 44.0. The van der Waals surface area contributed by atoms with Crippen LogP contribution in [0.4, 0.5) is 0 Å². The van der Waals surface area contributed by atoms with Crippen LogP contribution in [0.1, 0.15) is 194 Å². The molecule has 0 aromatic carbocycles. The van der Waals surface area contributed by atoms with Crippen molar-refractivity contribution in [2.75, 3.05) is 13.2 Å². The fraction of sp³-hybridized carbons (Fsp3) is 0.889. The number of hydrogen-bond donors (Lipinski definition) is 0. The molecule has 0 saturated carbocycles. The molecule has 0 unspecified atom stereocenters. The second kappa shape index (κ2) is 43.9. The Bertz CT molecular complexity index is 409. The average molecular weight is 567 g/mol. The van der Waals surface area contributed by atoms with Gasteiger partial charge in [-0.05, 0) is 64.2 Å². The van der Waals surface area contributed by atoms with Gasteiger partial charge in [-0.1, -0.05) is 154 Å². The van der Waals surface area contributed by atoms with E-state index in [2.05, 4.69) is 38.2 Å². The average Bonchev–Trinajstić information content (AvgIpc) is 2.91. The minimum atomic E-state index is 0. The summed E-state index contributed by atoms with van der Waals surface area (Å²) in [5.74, 6) is 0. The molecule has 3 heteroatoms. The summed E-state index contributed by atoms with van der Waals surface area (Å²) < 4.78 is 5.85. The van der Waals surface area contributed by atoms with Crippen molar-refractivity contribution in [2.45, 2.75) is 194 Å². The molecule has 39 heavy (non-hydrogen) atoms. The summed E-state index contributed by atoms with van der Waals surface area (Å²) in [6.45, 7) is 6.54. The molecule has 0 saturated heterocycles. The molecule has 0 aliphatic rings. The van der Waals surface area contributed by atoms with E-state index in [4.69, 9.17) is 4.74 Å². The van der Waals surface area contributed by atoms with Crippen LogP contribution in [0.5, 0.6) is 0 Å². The Kier molecular flexibility index (Phi) is 50.5.